The Labute approximate surface area is 114 Å². The molecule has 0 fully saturated rings. The van der Waals surface area contributed by atoms with Gasteiger partial charge in [0.05, 0.1) is 0 Å². The smallest absolute Gasteiger partial charge is 0.170 e. The van der Waals surface area contributed by atoms with Crippen LogP contribution in [0.15, 0.2) is 36.9 Å². The first-order valence-corrected chi connectivity index (χ1v) is 6.47. The van der Waals surface area contributed by atoms with Crippen LogP contribution in [0.2, 0.25) is 0 Å². The van der Waals surface area contributed by atoms with Crippen molar-refractivity contribution in [2.24, 2.45) is 0 Å². The van der Waals surface area contributed by atoms with Crippen molar-refractivity contribution < 1.29 is 4.74 Å². The highest BCUT2D eigenvalue weighted by atomic mass is 32.1. The Bertz CT molecular complexity index is 389. The maximum absolute atomic E-state index is 5.40. The number of hydrogen-bond donors (Lipinski definition) is 2. The van der Waals surface area contributed by atoms with Gasteiger partial charge in [0.15, 0.2) is 5.11 Å². The lowest BCUT2D eigenvalue weighted by Gasteiger charge is -2.15. The predicted molar refractivity (Wildman–Crippen MR) is 81.2 cm³/mol. The number of benzene rings is 1. The summed E-state index contributed by atoms with van der Waals surface area (Å²) in [6.45, 7) is 8.33. The molecule has 0 radical (unpaired) electrons. The topological polar surface area (TPSA) is 33.3 Å². The minimum Gasteiger partial charge on any atom is -0.490 e. The van der Waals surface area contributed by atoms with E-state index in [0.29, 0.717) is 17.8 Å². The van der Waals surface area contributed by atoms with E-state index in [1.165, 1.54) is 0 Å². The molecular formula is C14H20N2OS. The standard InChI is InChI=1S/C14H20N2OS/c1-4-10-17-13-8-6-12(7-9-13)16-14(18)15-11(3)5-2/h4,6-9,11H,1,5,10H2,2-3H3,(H2,15,16,18)/t11-/m1/s1. The van der Waals surface area contributed by atoms with Crippen LogP contribution in [-0.2, 0) is 0 Å². The number of nitrogens with one attached hydrogen (secondary N) is 2. The van der Waals surface area contributed by atoms with Crippen LogP contribution in [0.25, 0.3) is 0 Å². The van der Waals surface area contributed by atoms with Gasteiger partial charge >= 0.3 is 0 Å². The normalized spacial score (nSPS) is 11.4. The van der Waals surface area contributed by atoms with E-state index in [-0.39, 0.29) is 0 Å². The van der Waals surface area contributed by atoms with Crippen LogP contribution >= 0.6 is 12.2 Å². The molecule has 0 heterocycles. The SMILES string of the molecule is C=CCOc1ccc(NC(=S)N[C@H](C)CC)cc1. The summed E-state index contributed by atoms with van der Waals surface area (Å²) >= 11 is 5.21. The second-order valence-corrected chi connectivity index (χ2v) is 4.44. The molecule has 18 heavy (non-hydrogen) atoms. The maximum atomic E-state index is 5.40. The van der Waals surface area contributed by atoms with Gasteiger partial charge in [-0.05, 0) is 49.8 Å². The maximum Gasteiger partial charge on any atom is 0.170 e. The lowest BCUT2D eigenvalue weighted by Crippen LogP contribution is -2.35. The van der Waals surface area contributed by atoms with Gasteiger partial charge in [-0.25, -0.2) is 0 Å². The Kier molecular flexibility index (Phi) is 6.22. The summed E-state index contributed by atoms with van der Waals surface area (Å²) in [6.07, 6.45) is 2.76. The quantitative estimate of drug-likeness (QED) is 0.610. The van der Waals surface area contributed by atoms with Crippen LogP contribution in [0.5, 0.6) is 5.75 Å². The van der Waals surface area contributed by atoms with Gasteiger partial charge in [-0.2, -0.15) is 0 Å². The summed E-state index contributed by atoms with van der Waals surface area (Å²) < 4.78 is 5.40. The van der Waals surface area contributed by atoms with Crippen molar-refractivity contribution in [3.63, 3.8) is 0 Å². The fourth-order valence-electron chi connectivity index (χ4n) is 1.28. The molecular weight excluding hydrogens is 244 g/mol. The highest BCUT2D eigenvalue weighted by molar-refractivity contribution is 7.80. The summed E-state index contributed by atoms with van der Waals surface area (Å²) in [7, 11) is 0. The van der Waals surface area contributed by atoms with E-state index in [4.69, 9.17) is 17.0 Å². The molecule has 0 amide bonds. The molecule has 3 nitrogen and oxygen atoms in total. The molecule has 0 aliphatic rings. The number of thiocarbonyl (C=S) groups is 1. The largest absolute Gasteiger partial charge is 0.490 e. The lowest BCUT2D eigenvalue weighted by atomic mass is 10.3. The van der Waals surface area contributed by atoms with Crippen LogP contribution in [0.1, 0.15) is 20.3 Å². The molecule has 0 unspecified atom stereocenters. The zero-order valence-electron chi connectivity index (χ0n) is 10.9. The van der Waals surface area contributed by atoms with Gasteiger partial charge in [-0.1, -0.05) is 19.6 Å². The Morgan fingerprint density at radius 3 is 2.67 bits per heavy atom. The van der Waals surface area contributed by atoms with Crippen LogP contribution in [-0.4, -0.2) is 17.8 Å². The highest BCUT2D eigenvalue weighted by Gasteiger charge is 2.02. The van der Waals surface area contributed by atoms with Crippen molar-refractivity contribution >= 4 is 23.0 Å². The molecule has 1 atom stereocenters. The van der Waals surface area contributed by atoms with Crippen LogP contribution in [0.3, 0.4) is 0 Å². The molecule has 0 saturated carbocycles. The van der Waals surface area contributed by atoms with Crippen molar-refractivity contribution in [1.82, 2.24) is 5.32 Å². The van der Waals surface area contributed by atoms with Gasteiger partial charge in [0.2, 0.25) is 0 Å². The van der Waals surface area contributed by atoms with Gasteiger partial charge in [0.1, 0.15) is 12.4 Å². The van der Waals surface area contributed by atoms with Crippen LogP contribution in [0, 0.1) is 0 Å². The summed E-state index contributed by atoms with van der Waals surface area (Å²) in [5.74, 6) is 0.821. The lowest BCUT2D eigenvalue weighted by molar-refractivity contribution is 0.363. The van der Waals surface area contributed by atoms with E-state index < -0.39 is 0 Å². The van der Waals surface area contributed by atoms with Gasteiger partial charge in [-0.3, -0.25) is 0 Å². The third-order valence-corrected chi connectivity index (χ3v) is 2.69. The van der Waals surface area contributed by atoms with Crippen LogP contribution < -0.4 is 15.4 Å². The molecule has 0 aromatic heterocycles. The van der Waals surface area contributed by atoms with E-state index in [2.05, 4.69) is 31.1 Å². The summed E-state index contributed by atoms with van der Waals surface area (Å²) in [4.78, 5) is 0. The number of hydrogen-bond acceptors (Lipinski definition) is 2. The zero-order valence-corrected chi connectivity index (χ0v) is 11.7. The van der Waals surface area contributed by atoms with Crippen molar-refractivity contribution in [2.75, 3.05) is 11.9 Å². The third kappa shape index (κ3) is 5.19. The Morgan fingerprint density at radius 2 is 2.11 bits per heavy atom. The van der Waals surface area contributed by atoms with E-state index in [1.54, 1.807) is 6.08 Å². The molecule has 98 valence electrons. The first-order valence-electron chi connectivity index (χ1n) is 6.07. The molecule has 1 aromatic carbocycles. The monoisotopic (exact) mass is 264 g/mol. The summed E-state index contributed by atoms with van der Waals surface area (Å²) in [5.41, 5.74) is 0.946. The molecule has 0 aliphatic carbocycles. The van der Waals surface area contributed by atoms with Gasteiger partial charge < -0.3 is 15.4 Å². The van der Waals surface area contributed by atoms with Crippen molar-refractivity contribution in [3.05, 3.63) is 36.9 Å². The van der Waals surface area contributed by atoms with Crippen molar-refractivity contribution in [2.45, 2.75) is 26.3 Å². The first kappa shape index (κ1) is 14.5. The summed E-state index contributed by atoms with van der Waals surface area (Å²) in [6, 6.07) is 8.04. The second kappa shape index (κ2) is 7.71. The second-order valence-electron chi connectivity index (χ2n) is 4.03. The Morgan fingerprint density at radius 1 is 1.44 bits per heavy atom. The Balaban J connectivity index is 2.47. The molecule has 1 aromatic rings. The zero-order chi connectivity index (χ0) is 13.4. The number of anilines is 1. The summed E-state index contributed by atoms with van der Waals surface area (Å²) in [5, 5.41) is 6.98. The Hall–Kier alpha value is -1.55. The first-order chi connectivity index (χ1) is 8.65. The van der Waals surface area contributed by atoms with E-state index in [1.807, 2.05) is 24.3 Å². The molecule has 2 N–H and O–H groups in total. The fraction of sp³-hybridized carbons (Fsp3) is 0.357. The third-order valence-electron chi connectivity index (χ3n) is 2.47. The average molecular weight is 264 g/mol. The fourth-order valence-corrected chi connectivity index (χ4v) is 1.60. The van der Waals surface area contributed by atoms with E-state index in [9.17, 15) is 0 Å². The predicted octanol–water partition coefficient (Wildman–Crippen LogP) is 3.34. The van der Waals surface area contributed by atoms with Crippen molar-refractivity contribution in [1.29, 1.82) is 0 Å². The van der Waals surface area contributed by atoms with Gasteiger partial charge in [0.25, 0.3) is 0 Å². The molecule has 0 spiro atoms. The van der Waals surface area contributed by atoms with E-state index in [0.717, 1.165) is 17.9 Å². The van der Waals surface area contributed by atoms with Crippen LogP contribution in [0.4, 0.5) is 5.69 Å². The number of rotatable bonds is 6. The average Bonchev–Trinajstić information content (AvgIpc) is 2.37. The minimum atomic E-state index is 0.375. The van der Waals surface area contributed by atoms with E-state index >= 15 is 0 Å². The molecule has 0 aliphatic heterocycles. The number of ether oxygens (including phenoxy) is 1. The van der Waals surface area contributed by atoms with Gasteiger partial charge in [0, 0.05) is 11.7 Å². The molecule has 1 rings (SSSR count). The molecule has 0 saturated heterocycles. The molecule has 0 bridgehead atoms. The highest BCUT2D eigenvalue weighted by Crippen LogP contribution is 2.15. The molecule has 4 heteroatoms. The van der Waals surface area contributed by atoms with Gasteiger partial charge in [-0.15, -0.1) is 0 Å². The van der Waals surface area contributed by atoms with Crippen molar-refractivity contribution in [3.8, 4) is 5.75 Å². The minimum absolute atomic E-state index is 0.375.